The Hall–Kier alpha value is -2.18. The molecule has 0 bridgehead atoms. The smallest absolute Gasteiger partial charge is 0.224 e. The lowest BCUT2D eigenvalue weighted by Crippen LogP contribution is -2.52. The van der Waals surface area contributed by atoms with Gasteiger partial charge in [0.05, 0.1) is 0 Å². The molecule has 6 nitrogen and oxygen atoms in total. The van der Waals surface area contributed by atoms with Crippen LogP contribution in [0.1, 0.15) is 19.3 Å². The van der Waals surface area contributed by atoms with E-state index in [0.717, 1.165) is 24.7 Å². The van der Waals surface area contributed by atoms with Crippen LogP contribution in [0.15, 0.2) is 42.7 Å². The van der Waals surface area contributed by atoms with Crippen LogP contribution in [0.3, 0.4) is 0 Å². The number of aromatic nitrogens is 2. The topological polar surface area (TPSA) is 44.7 Å². The lowest BCUT2D eigenvalue weighted by Gasteiger charge is -2.39. The number of rotatable bonds is 4. The van der Waals surface area contributed by atoms with E-state index in [1.165, 1.54) is 45.4 Å². The van der Waals surface area contributed by atoms with Crippen LogP contribution in [0.2, 0.25) is 0 Å². The Morgan fingerprint density at radius 2 is 1.78 bits per heavy atom. The van der Waals surface area contributed by atoms with E-state index in [1.54, 1.807) is 6.33 Å². The third kappa shape index (κ3) is 4.76. The molecule has 0 N–H and O–H groups in total. The van der Waals surface area contributed by atoms with Gasteiger partial charge in [0.25, 0.3) is 0 Å². The number of nitrogens with zero attached hydrogens (tertiary/aromatic N) is 5. The molecular formula is C21H29N5O. The molecular weight excluding hydrogens is 338 g/mol. The summed E-state index contributed by atoms with van der Waals surface area (Å²) in [6.45, 7) is 6.75. The Kier molecular flexibility index (Phi) is 5.84. The van der Waals surface area contributed by atoms with Crippen LogP contribution in [0.4, 0.5) is 5.82 Å². The lowest BCUT2D eigenvalue weighted by atomic mass is 10.1. The molecule has 1 unspecified atom stereocenters. The first kappa shape index (κ1) is 18.2. The highest BCUT2D eigenvalue weighted by molar-refractivity contribution is 5.42. The van der Waals surface area contributed by atoms with Gasteiger partial charge >= 0.3 is 0 Å². The molecule has 0 aliphatic carbocycles. The molecule has 2 aliphatic rings. The van der Waals surface area contributed by atoms with Crippen molar-refractivity contribution in [2.24, 2.45) is 0 Å². The molecule has 27 heavy (non-hydrogen) atoms. The fraction of sp³-hybridized carbons (Fsp3) is 0.524. The number of likely N-dealkylation sites (N-methyl/N-ethyl adjacent to an activating group) is 1. The molecule has 2 saturated heterocycles. The molecule has 1 aromatic heterocycles. The maximum atomic E-state index is 5.90. The Morgan fingerprint density at radius 1 is 0.963 bits per heavy atom. The molecule has 4 rings (SSSR count). The molecule has 0 saturated carbocycles. The summed E-state index contributed by atoms with van der Waals surface area (Å²) in [7, 11) is 2.21. The van der Waals surface area contributed by atoms with Gasteiger partial charge in [-0.1, -0.05) is 24.6 Å². The van der Waals surface area contributed by atoms with Gasteiger partial charge in [-0.3, -0.25) is 4.90 Å². The monoisotopic (exact) mass is 367 g/mol. The summed E-state index contributed by atoms with van der Waals surface area (Å²) in [5.41, 5.74) is 0. The standard InChI is InChI=1S/C21H29N5O/c1-24-11-13-25(14-12-24)18-7-5-6-10-26(16-18)20-15-21(23-17-22-20)27-19-8-3-2-4-9-19/h2-4,8-9,15,17-18H,5-7,10-14,16H2,1H3. The minimum atomic E-state index is 0.603. The van der Waals surface area contributed by atoms with Crippen molar-refractivity contribution in [3.05, 3.63) is 42.7 Å². The van der Waals surface area contributed by atoms with Crippen molar-refractivity contribution in [1.29, 1.82) is 0 Å². The predicted molar refractivity (Wildman–Crippen MR) is 107 cm³/mol. The maximum Gasteiger partial charge on any atom is 0.224 e. The van der Waals surface area contributed by atoms with E-state index in [1.807, 2.05) is 36.4 Å². The van der Waals surface area contributed by atoms with Crippen molar-refractivity contribution in [3.63, 3.8) is 0 Å². The number of para-hydroxylation sites is 1. The average molecular weight is 367 g/mol. The summed E-state index contributed by atoms with van der Waals surface area (Å²) >= 11 is 0. The fourth-order valence-corrected chi connectivity index (χ4v) is 3.98. The lowest BCUT2D eigenvalue weighted by molar-refractivity contribution is 0.110. The maximum absolute atomic E-state index is 5.90. The summed E-state index contributed by atoms with van der Waals surface area (Å²) in [6.07, 6.45) is 5.39. The number of benzene rings is 1. The second kappa shape index (κ2) is 8.67. The Labute approximate surface area is 161 Å². The van der Waals surface area contributed by atoms with Crippen LogP contribution in [0, 0.1) is 0 Å². The number of piperazine rings is 1. The van der Waals surface area contributed by atoms with Crippen molar-refractivity contribution >= 4 is 5.82 Å². The molecule has 2 aromatic rings. The first-order chi connectivity index (χ1) is 13.3. The van der Waals surface area contributed by atoms with E-state index in [4.69, 9.17) is 4.74 Å². The molecule has 144 valence electrons. The van der Waals surface area contributed by atoms with E-state index >= 15 is 0 Å². The van der Waals surface area contributed by atoms with Gasteiger partial charge in [-0.15, -0.1) is 0 Å². The van der Waals surface area contributed by atoms with E-state index in [0.29, 0.717) is 11.9 Å². The summed E-state index contributed by atoms with van der Waals surface area (Å²) < 4.78 is 5.90. The van der Waals surface area contributed by atoms with Crippen molar-refractivity contribution in [1.82, 2.24) is 19.8 Å². The quantitative estimate of drug-likeness (QED) is 0.828. The number of ether oxygens (including phenoxy) is 1. The molecule has 3 heterocycles. The van der Waals surface area contributed by atoms with E-state index < -0.39 is 0 Å². The molecule has 0 radical (unpaired) electrons. The minimum Gasteiger partial charge on any atom is -0.439 e. The number of anilines is 1. The Balaban J connectivity index is 1.45. The summed E-state index contributed by atoms with van der Waals surface area (Å²) in [4.78, 5) is 16.3. The van der Waals surface area contributed by atoms with Gasteiger partial charge < -0.3 is 14.5 Å². The molecule has 1 atom stereocenters. The van der Waals surface area contributed by atoms with Gasteiger partial charge in [0.2, 0.25) is 5.88 Å². The average Bonchev–Trinajstić information content (AvgIpc) is 2.96. The van der Waals surface area contributed by atoms with Crippen molar-refractivity contribution in [3.8, 4) is 11.6 Å². The zero-order valence-electron chi connectivity index (χ0n) is 16.1. The third-order valence-electron chi connectivity index (χ3n) is 5.62. The molecule has 6 heteroatoms. The molecule has 2 fully saturated rings. The SMILES string of the molecule is CN1CCN(C2CCCCN(c3cc(Oc4ccccc4)ncn3)C2)CC1. The fourth-order valence-electron chi connectivity index (χ4n) is 3.98. The van der Waals surface area contributed by atoms with Crippen LogP contribution >= 0.6 is 0 Å². The number of hydrogen-bond acceptors (Lipinski definition) is 6. The zero-order valence-corrected chi connectivity index (χ0v) is 16.1. The zero-order chi connectivity index (χ0) is 18.5. The Bertz CT molecular complexity index is 718. The van der Waals surface area contributed by atoms with E-state index in [-0.39, 0.29) is 0 Å². The molecule has 2 aliphatic heterocycles. The van der Waals surface area contributed by atoms with E-state index in [2.05, 4.69) is 31.7 Å². The summed E-state index contributed by atoms with van der Waals surface area (Å²) in [5, 5.41) is 0. The second-order valence-corrected chi connectivity index (χ2v) is 7.56. The van der Waals surface area contributed by atoms with Crippen LogP contribution in [-0.2, 0) is 0 Å². The van der Waals surface area contributed by atoms with Gasteiger partial charge in [-0.2, -0.15) is 0 Å². The van der Waals surface area contributed by atoms with Gasteiger partial charge in [0, 0.05) is 51.4 Å². The van der Waals surface area contributed by atoms with E-state index in [9.17, 15) is 0 Å². The molecule has 0 spiro atoms. The van der Waals surface area contributed by atoms with Crippen LogP contribution in [0.5, 0.6) is 11.6 Å². The Morgan fingerprint density at radius 3 is 2.59 bits per heavy atom. The molecule has 0 amide bonds. The normalized spacial score (nSPS) is 22.4. The highest BCUT2D eigenvalue weighted by Crippen LogP contribution is 2.25. The van der Waals surface area contributed by atoms with Crippen LogP contribution in [0.25, 0.3) is 0 Å². The summed E-state index contributed by atoms with van der Waals surface area (Å²) in [6, 6.07) is 12.4. The van der Waals surface area contributed by atoms with Gasteiger partial charge in [-0.25, -0.2) is 9.97 Å². The second-order valence-electron chi connectivity index (χ2n) is 7.56. The van der Waals surface area contributed by atoms with Gasteiger partial charge in [-0.05, 0) is 32.0 Å². The third-order valence-corrected chi connectivity index (χ3v) is 5.62. The largest absolute Gasteiger partial charge is 0.439 e. The van der Waals surface area contributed by atoms with Crippen molar-refractivity contribution in [2.75, 3.05) is 51.2 Å². The predicted octanol–water partition coefficient (Wildman–Crippen LogP) is 2.88. The first-order valence-corrected chi connectivity index (χ1v) is 10.0. The number of hydrogen-bond donors (Lipinski definition) is 0. The minimum absolute atomic E-state index is 0.603. The highest BCUT2D eigenvalue weighted by atomic mass is 16.5. The van der Waals surface area contributed by atoms with Gasteiger partial charge in [0.1, 0.15) is 17.9 Å². The van der Waals surface area contributed by atoms with Gasteiger partial charge in [0.15, 0.2) is 0 Å². The van der Waals surface area contributed by atoms with Crippen molar-refractivity contribution < 1.29 is 4.74 Å². The highest BCUT2D eigenvalue weighted by Gasteiger charge is 2.26. The van der Waals surface area contributed by atoms with Crippen molar-refractivity contribution in [2.45, 2.75) is 25.3 Å². The molecule has 1 aromatic carbocycles. The summed E-state index contributed by atoms with van der Waals surface area (Å²) in [5.74, 6) is 2.37. The van der Waals surface area contributed by atoms with Crippen LogP contribution in [-0.4, -0.2) is 72.1 Å². The first-order valence-electron chi connectivity index (χ1n) is 10.0. The van der Waals surface area contributed by atoms with Crippen LogP contribution < -0.4 is 9.64 Å².